The summed E-state index contributed by atoms with van der Waals surface area (Å²) < 4.78 is 41.3. The average molecular weight is 314 g/mol. The second-order valence-electron chi connectivity index (χ2n) is 4.29. The zero-order valence-corrected chi connectivity index (χ0v) is 11.6. The molecule has 0 saturated carbocycles. The van der Waals surface area contributed by atoms with Crippen molar-refractivity contribution < 1.29 is 13.2 Å². The van der Waals surface area contributed by atoms with E-state index in [1.165, 1.54) is 35.5 Å². The first kappa shape index (κ1) is 13.7. The van der Waals surface area contributed by atoms with Gasteiger partial charge in [0, 0.05) is 24.8 Å². The molecule has 3 aromatic heterocycles. The van der Waals surface area contributed by atoms with Gasteiger partial charge in [0.1, 0.15) is 10.7 Å². The Morgan fingerprint density at radius 1 is 1.29 bits per heavy atom. The van der Waals surface area contributed by atoms with Gasteiger partial charge in [-0.1, -0.05) is 5.21 Å². The molecule has 0 saturated heterocycles. The van der Waals surface area contributed by atoms with E-state index >= 15 is 0 Å². The number of hydrogen-bond donors (Lipinski definition) is 0. The smallest absolute Gasteiger partial charge is 0.275 e. The van der Waals surface area contributed by atoms with Crippen LogP contribution >= 0.6 is 11.3 Å². The molecule has 0 aliphatic carbocycles. The van der Waals surface area contributed by atoms with Crippen LogP contribution < -0.4 is 0 Å². The maximum atomic E-state index is 12.9. The Morgan fingerprint density at radius 3 is 2.76 bits per heavy atom. The van der Waals surface area contributed by atoms with E-state index in [9.17, 15) is 13.2 Å². The van der Waals surface area contributed by atoms with Crippen molar-refractivity contribution >= 4 is 11.3 Å². The zero-order chi connectivity index (χ0) is 15.0. The number of alkyl halides is 3. The Labute approximate surface area is 120 Å². The maximum Gasteiger partial charge on any atom is 0.435 e. The van der Waals surface area contributed by atoms with Crippen molar-refractivity contribution in [1.82, 2.24) is 29.8 Å². The monoisotopic (exact) mass is 314 g/mol. The van der Waals surface area contributed by atoms with Gasteiger partial charge in [0.2, 0.25) is 0 Å². The van der Waals surface area contributed by atoms with E-state index in [2.05, 4.69) is 20.4 Å². The first-order valence-corrected chi connectivity index (χ1v) is 6.71. The lowest BCUT2D eigenvalue weighted by Gasteiger charge is -2.03. The topological polar surface area (TPSA) is 61.4 Å². The highest BCUT2D eigenvalue weighted by molar-refractivity contribution is 7.09. The van der Waals surface area contributed by atoms with Gasteiger partial charge in [0.15, 0.2) is 5.69 Å². The Bertz CT molecular complexity index is 742. The van der Waals surface area contributed by atoms with E-state index in [0.717, 1.165) is 9.69 Å². The van der Waals surface area contributed by atoms with Gasteiger partial charge in [0.05, 0.1) is 18.3 Å². The minimum atomic E-state index is -4.53. The lowest BCUT2D eigenvalue weighted by Crippen LogP contribution is -2.08. The summed E-state index contributed by atoms with van der Waals surface area (Å²) in [7, 11) is 1.43. The van der Waals surface area contributed by atoms with Gasteiger partial charge in [0.25, 0.3) is 0 Å². The average Bonchev–Trinajstić information content (AvgIpc) is 3.08. The van der Waals surface area contributed by atoms with Gasteiger partial charge >= 0.3 is 6.18 Å². The summed E-state index contributed by atoms with van der Waals surface area (Å²) in [6.07, 6.45) is -0.148. The number of hydrogen-bond acceptors (Lipinski definition) is 5. The molecule has 6 nitrogen and oxygen atoms in total. The molecule has 0 aliphatic rings. The summed E-state index contributed by atoms with van der Waals surface area (Å²) in [6, 6.07) is 0. The Kier molecular flexibility index (Phi) is 3.24. The summed E-state index contributed by atoms with van der Waals surface area (Å²) >= 11 is 1.44. The molecule has 0 unspecified atom stereocenters. The second kappa shape index (κ2) is 4.95. The van der Waals surface area contributed by atoms with Crippen LogP contribution in [0.4, 0.5) is 13.2 Å². The van der Waals surface area contributed by atoms with E-state index in [1.807, 2.05) is 5.38 Å². The molecular formula is C11H9F3N6S. The molecule has 3 rings (SSSR count). The molecule has 0 radical (unpaired) electrons. The van der Waals surface area contributed by atoms with Crippen molar-refractivity contribution in [2.75, 3.05) is 0 Å². The molecule has 0 atom stereocenters. The molecule has 0 aliphatic heterocycles. The number of aryl methyl sites for hydroxylation is 1. The predicted molar refractivity (Wildman–Crippen MR) is 68.4 cm³/mol. The molecule has 3 aromatic rings. The molecule has 110 valence electrons. The van der Waals surface area contributed by atoms with Gasteiger partial charge in [-0.2, -0.15) is 18.3 Å². The molecule has 0 fully saturated rings. The van der Waals surface area contributed by atoms with Gasteiger partial charge in [-0.15, -0.1) is 16.4 Å². The first-order chi connectivity index (χ1) is 9.93. The summed E-state index contributed by atoms with van der Waals surface area (Å²) in [4.78, 5) is 4.09. The minimum absolute atomic E-state index is 0.0876. The van der Waals surface area contributed by atoms with E-state index < -0.39 is 11.9 Å². The molecule has 0 N–H and O–H groups in total. The third kappa shape index (κ3) is 2.79. The minimum Gasteiger partial charge on any atom is -0.275 e. The van der Waals surface area contributed by atoms with E-state index in [1.54, 1.807) is 6.20 Å². The van der Waals surface area contributed by atoms with Crippen LogP contribution in [0.15, 0.2) is 24.0 Å². The van der Waals surface area contributed by atoms with E-state index in [0.29, 0.717) is 6.54 Å². The van der Waals surface area contributed by atoms with Crippen molar-refractivity contribution in [1.29, 1.82) is 0 Å². The normalized spacial score (nSPS) is 12.0. The highest BCUT2D eigenvalue weighted by Crippen LogP contribution is 2.34. The molecule has 21 heavy (non-hydrogen) atoms. The lowest BCUT2D eigenvalue weighted by molar-refractivity contribution is -0.141. The number of nitrogens with zero attached hydrogens (tertiary/aromatic N) is 6. The molecule has 0 bridgehead atoms. The van der Waals surface area contributed by atoms with E-state index in [4.69, 9.17) is 0 Å². The van der Waals surface area contributed by atoms with Crippen molar-refractivity contribution in [3.05, 3.63) is 34.7 Å². The fourth-order valence-electron chi connectivity index (χ4n) is 1.85. The molecule has 0 spiro atoms. The fourth-order valence-corrected chi connectivity index (χ4v) is 2.46. The van der Waals surface area contributed by atoms with Crippen LogP contribution in [0.25, 0.3) is 11.3 Å². The zero-order valence-electron chi connectivity index (χ0n) is 10.7. The fraction of sp³-hybridized carbons (Fsp3) is 0.273. The molecule has 0 aromatic carbocycles. The third-order valence-corrected chi connectivity index (χ3v) is 3.46. The Hall–Kier alpha value is -2.23. The maximum absolute atomic E-state index is 12.9. The highest BCUT2D eigenvalue weighted by atomic mass is 32.1. The number of rotatable bonds is 3. The number of halogens is 3. The largest absolute Gasteiger partial charge is 0.435 e. The van der Waals surface area contributed by atoms with Crippen LogP contribution in [-0.2, 0) is 19.8 Å². The van der Waals surface area contributed by atoms with Crippen LogP contribution in [0.2, 0.25) is 0 Å². The van der Waals surface area contributed by atoms with Gasteiger partial charge in [-0.3, -0.25) is 4.68 Å². The van der Waals surface area contributed by atoms with Crippen LogP contribution in [0.1, 0.15) is 10.7 Å². The number of thiazole rings is 1. The van der Waals surface area contributed by atoms with Crippen LogP contribution in [0.3, 0.4) is 0 Å². The molecule has 0 amide bonds. The summed E-state index contributed by atoms with van der Waals surface area (Å²) in [5.41, 5.74) is -0.923. The second-order valence-corrected chi connectivity index (χ2v) is 5.27. The predicted octanol–water partition coefficient (Wildman–Crippen LogP) is 2.20. The summed E-state index contributed by atoms with van der Waals surface area (Å²) in [6.45, 7) is 0.367. The lowest BCUT2D eigenvalue weighted by atomic mass is 10.2. The Morgan fingerprint density at radius 2 is 2.10 bits per heavy atom. The van der Waals surface area contributed by atoms with Crippen molar-refractivity contribution in [3.8, 4) is 11.3 Å². The van der Waals surface area contributed by atoms with Crippen molar-refractivity contribution in [3.63, 3.8) is 0 Å². The highest BCUT2D eigenvalue weighted by Gasteiger charge is 2.38. The van der Waals surface area contributed by atoms with E-state index in [-0.39, 0.29) is 11.3 Å². The van der Waals surface area contributed by atoms with Crippen LogP contribution in [0, 0.1) is 0 Å². The van der Waals surface area contributed by atoms with Crippen LogP contribution in [0.5, 0.6) is 0 Å². The van der Waals surface area contributed by atoms with Gasteiger partial charge in [-0.25, -0.2) is 9.67 Å². The van der Waals surface area contributed by atoms with Gasteiger partial charge < -0.3 is 0 Å². The SMILES string of the molecule is Cn1cc(-c2cn(Cc3nccs3)nn2)c(C(F)(F)F)n1. The molecule has 3 heterocycles. The van der Waals surface area contributed by atoms with Crippen molar-refractivity contribution in [2.24, 2.45) is 7.05 Å². The number of aromatic nitrogens is 6. The third-order valence-electron chi connectivity index (χ3n) is 2.69. The van der Waals surface area contributed by atoms with Crippen molar-refractivity contribution in [2.45, 2.75) is 12.7 Å². The quantitative estimate of drug-likeness (QED) is 0.743. The van der Waals surface area contributed by atoms with Crippen LogP contribution in [-0.4, -0.2) is 29.8 Å². The van der Waals surface area contributed by atoms with Gasteiger partial charge in [-0.05, 0) is 0 Å². The standard InChI is InChI=1S/C11H9F3N6S/c1-19-4-7(10(17-19)11(12,13)14)8-5-20(18-16-8)6-9-15-2-3-21-9/h2-5H,6H2,1H3. The first-order valence-electron chi connectivity index (χ1n) is 5.83. The molecular weight excluding hydrogens is 305 g/mol. The Balaban J connectivity index is 1.93. The summed E-state index contributed by atoms with van der Waals surface area (Å²) in [5.74, 6) is 0. The summed E-state index contributed by atoms with van der Waals surface area (Å²) in [5, 5.41) is 13.7. The molecule has 10 heteroatoms.